The number of carbonyl (C=O) groups excluding carboxylic acids is 2. The second-order valence-corrected chi connectivity index (χ2v) is 12.8. The Hall–Kier alpha value is -3.52. The third-order valence-electron chi connectivity index (χ3n) is 6.64. The highest BCUT2D eigenvalue weighted by Crippen LogP contribution is 2.35. The summed E-state index contributed by atoms with van der Waals surface area (Å²) < 4.78 is 47.3. The molecule has 0 saturated heterocycles. The molecule has 10 nitrogen and oxygen atoms in total. The first-order chi connectivity index (χ1) is 19.0. The van der Waals surface area contributed by atoms with Gasteiger partial charge in [0, 0.05) is 25.2 Å². The highest BCUT2D eigenvalue weighted by molar-refractivity contribution is 7.91. The second kappa shape index (κ2) is 12.3. The van der Waals surface area contributed by atoms with Gasteiger partial charge in [0.05, 0.1) is 30.4 Å². The molecule has 0 aliphatic carbocycles. The van der Waals surface area contributed by atoms with Gasteiger partial charge >= 0.3 is 6.03 Å². The molecular weight excluding hydrogens is 559 g/mol. The van der Waals surface area contributed by atoms with E-state index in [1.165, 1.54) is 46.6 Å². The van der Waals surface area contributed by atoms with Crippen molar-refractivity contribution in [3.63, 3.8) is 0 Å². The van der Waals surface area contributed by atoms with Crippen LogP contribution in [0.25, 0.3) is 0 Å². The van der Waals surface area contributed by atoms with Crippen LogP contribution in [0.4, 0.5) is 20.6 Å². The average molecular weight is 591 g/mol. The fourth-order valence-corrected chi connectivity index (χ4v) is 6.68. The molecule has 3 aromatic rings. The van der Waals surface area contributed by atoms with Crippen molar-refractivity contribution in [3.05, 3.63) is 71.4 Å². The Morgan fingerprint density at radius 3 is 2.58 bits per heavy atom. The van der Waals surface area contributed by atoms with Crippen LogP contribution in [0.5, 0.6) is 5.75 Å². The number of anilines is 2. The Labute approximate surface area is 236 Å². The molecule has 0 unspecified atom stereocenters. The number of para-hydroxylation sites is 1. The van der Waals surface area contributed by atoms with Gasteiger partial charge in [0.15, 0.2) is 5.75 Å². The van der Waals surface area contributed by atoms with E-state index < -0.39 is 39.9 Å². The summed E-state index contributed by atoms with van der Waals surface area (Å²) in [5.74, 6) is -1.12. The number of ether oxygens (including phenoxy) is 1. The Morgan fingerprint density at radius 2 is 1.93 bits per heavy atom. The van der Waals surface area contributed by atoms with Crippen LogP contribution in [0.2, 0.25) is 0 Å². The summed E-state index contributed by atoms with van der Waals surface area (Å²) in [5.41, 5.74) is 0.690. The van der Waals surface area contributed by atoms with Gasteiger partial charge in [-0.05, 0) is 54.8 Å². The van der Waals surface area contributed by atoms with Gasteiger partial charge in [-0.1, -0.05) is 19.1 Å². The number of halogens is 1. The van der Waals surface area contributed by atoms with E-state index in [0.29, 0.717) is 5.69 Å². The van der Waals surface area contributed by atoms with Gasteiger partial charge in [0.25, 0.3) is 15.9 Å². The standard InChI is InChI=1S/C27H31FN4O6S2/c1-17-14-32(18(2)16-33)26(34)21-6-4-7-22(30-27(35)29-20-11-9-19(28)10-12-20)25(21)38-23(17)15-31(3)40(36,37)24-8-5-13-39-24/h4-13,17-18,23,33H,14-16H2,1-3H3,(H2,29,30,35)/t17-,18+,23-/m0/s1. The van der Waals surface area contributed by atoms with E-state index in [2.05, 4.69) is 10.6 Å². The number of nitrogens with one attached hydrogen (secondary N) is 2. The fraction of sp³-hybridized carbons (Fsp3) is 0.333. The van der Waals surface area contributed by atoms with E-state index in [1.807, 2.05) is 6.92 Å². The molecular formula is C27H31FN4O6S2. The van der Waals surface area contributed by atoms with Crippen LogP contribution in [0.15, 0.2) is 64.2 Å². The zero-order chi connectivity index (χ0) is 29.0. The first kappa shape index (κ1) is 29.5. The Balaban J connectivity index is 1.68. The molecule has 0 radical (unpaired) electrons. The van der Waals surface area contributed by atoms with Crippen LogP contribution in [0.3, 0.4) is 0 Å². The number of aliphatic hydroxyl groups excluding tert-OH is 1. The monoisotopic (exact) mass is 590 g/mol. The van der Waals surface area contributed by atoms with Crippen molar-refractivity contribution in [2.24, 2.45) is 5.92 Å². The van der Waals surface area contributed by atoms with Crippen molar-refractivity contribution in [2.75, 3.05) is 37.4 Å². The highest BCUT2D eigenvalue weighted by atomic mass is 32.2. The van der Waals surface area contributed by atoms with Gasteiger partial charge in [-0.2, -0.15) is 4.31 Å². The number of nitrogens with zero attached hydrogens (tertiary/aromatic N) is 2. The summed E-state index contributed by atoms with van der Waals surface area (Å²) >= 11 is 1.11. The number of likely N-dealkylation sites (N-methyl/N-ethyl adjacent to an activating group) is 1. The van der Waals surface area contributed by atoms with Crippen LogP contribution in [0.1, 0.15) is 24.2 Å². The van der Waals surface area contributed by atoms with Gasteiger partial charge in [-0.15, -0.1) is 11.3 Å². The van der Waals surface area contributed by atoms with E-state index >= 15 is 0 Å². The summed E-state index contributed by atoms with van der Waals surface area (Å²) in [6.07, 6.45) is -0.719. The summed E-state index contributed by atoms with van der Waals surface area (Å²) in [6.45, 7) is 3.45. The van der Waals surface area contributed by atoms with Crippen molar-refractivity contribution in [1.29, 1.82) is 0 Å². The molecule has 1 aliphatic heterocycles. The maximum Gasteiger partial charge on any atom is 0.323 e. The molecule has 3 amide bonds. The molecule has 40 heavy (non-hydrogen) atoms. The molecule has 3 atom stereocenters. The molecule has 2 aromatic carbocycles. The minimum absolute atomic E-state index is 0.0352. The lowest BCUT2D eigenvalue weighted by molar-refractivity contribution is 0.0389. The van der Waals surface area contributed by atoms with E-state index in [4.69, 9.17) is 4.74 Å². The van der Waals surface area contributed by atoms with Crippen LogP contribution in [-0.4, -0.2) is 73.6 Å². The normalized spacial score (nSPS) is 18.4. The number of fused-ring (bicyclic) bond motifs is 1. The van der Waals surface area contributed by atoms with Crippen LogP contribution in [0, 0.1) is 11.7 Å². The first-order valence-corrected chi connectivity index (χ1v) is 14.9. The SMILES string of the molecule is C[C@H](CO)N1C[C@H](C)[C@H](CN(C)S(=O)(=O)c2cccs2)Oc2c(NC(=O)Nc3ccc(F)cc3)cccc2C1=O. The number of benzene rings is 2. The zero-order valence-electron chi connectivity index (χ0n) is 22.2. The second-order valence-electron chi connectivity index (χ2n) is 9.61. The number of sulfonamides is 1. The fourth-order valence-electron chi connectivity index (χ4n) is 4.29. The molecule has 0 spiro atoms. The molecule has 13 heteroatoms. The van der Waals surface area contributed by atoms with Crippen LogP contribution >= 0.6 is 11.3 Å². The summed E-state index contributed by atoms with van der Waals surface area (Å²) in [7, 11) is -2.32. The number of rotatable bonds is 8. The highest BCUT2D eigenvalue weighted by Gasteiger charge is 2.36. The molecule has 0 saturated carbocycles. The smallest absolute Gasteiger partial charge is 0.323 e. The Bertz CT molecular complexity index is 1450. The van der Waals surface area contributed by atoms with Crippen molar-refractivity contribution >= 4 is 44.7 Å². The van der Waals surface area contributed by atoms with Crippen molar-refractivity contribution in [3.8, 4) is 5.75 Å². The molecule has 4 rings (SSSR count). The third kappa shape index (κ3) is 6.44. The largest absolute Gasteiger partial charge is 0.486 e. The number of amides is 3. The minimum atomic E-state index is -3.78. The van der Waals surface area contributed by atoms with E-state index in [0.717, 1.165) is 11.3 Å². The number of hydrogen-bond donors (Lipinski definition) is 3. The van der Waals surface area contributed by atoms with Crippen LogP contribution in [-0.2, 0) is 10.0 Å². The summed E-state index contributed by atoms with van der Waals surface area (Å²) in [4.78, 5) is 27.9. The van der Waals surface area contributed by atoms with E-state index in [1.54, 1.807) is 36.6 Å². The number of hydrogen-bond acceptors (Lipinski definition) is 7. The average Bonchev–Trinajstić information content (AvgIpc) is 3.48. The van der Waals surface area contributed by atoms with Gasteiger partial charge in [0.2, 0.25) is 0 Å². The quantitative estimate of drug-likeness (QED) is 0.363. The van der Waals surface area contributed by atoms with E-state index in [9.17, 15) is 27.5 Å². The first-order valence-electron chi connectivity index (χ1n) is 12.6. The zero-order valence-corrected chi connectivity index (χ0v) is 23.8. The summed E-state index contributed by atoms with van der Waals surface area (Å²) in [6, 6.07) is 11.9. The van der Waals surface area contributed by atoms with E-state index in [-0.39, 0.29) is 46.8 Å². The van der Waals surface area contributed by atoms with Crippen molar-refractivity contribution in [2.45, 2.75) is 30.2 Å². The molecule has 0 fully saturated rings. The number of thiophene rings is 1. The maximum absolute atomic E-state index is 13.6. The van der Waals surface area contributed by atoms with Gasteiger partial charge in [0.1, 0.15) is 16.1 Å². The number of urea groups is 1. The molecule has 214 valence electrons. The molecule has 2 heterocycles. The molecule has 3 N–H and O–H groups in total. The van der Waals surface area contributed by atoms with Crippen LogP contribution < -0.4 is 15.4 Å². The summed E-state index contributed by atoms with van der Waals surface area (Å²) in [5, 5.41) is 16.8. The minimum Gasteiger partial charge on any atom is -0.486 e. The topological polar surface area (TPSA) is 128 Å². The number of aliphatic hydroxyl groups is 1. The van der Waals surface area contributed by atoms with Crippen molar-refractivity contribution in [1.82, 2.24) is 9.21 Å². The molecule has 0 bridgehead atoms. The maximum atomic E-state index is 13.6. The van der Waals surface area contributed by atoms with Crippen molar-refractivity contribution < 1.29 is 32.2 Å². The molecule has 1 aliphatic rings. The van der Waals surface area contributed by atoms with Gasteiger partial charge in [-0.3, -0.25) is 4.79 Å². The predicted octanol–water partition coefficient (Wildman–Crippen LogP) is 4.07. The Morgan fingerprint density at radius 1 is 1.20 bits per heavy atom. The third-order valence-corrected chi connectivity index (χ3v) is 9.83. The predicted molar refractivity (Wildman–Crippen MR) is 151 cm³/mol. The lowest BCUT2D eigenvalue weighted by atomic mass is 9.99. The van der Waals surface area contributed by atoms with Gasteiger partial charge < -0.3 is 25.4 Å². The van der Waals surface area contributed by atoms with Gasteiger partial charge in [-0.25, -0.2) is 17.6 Å². The molecule has 1 aromatic heterocycles. The lowest BCUT2D eigenvalue weighted by Gasteiger charge is -2.38. The lowest BCUT2D eigenvalue weighted by Crippen LogP contribution is -2.50. The Kier molecular flexibility index (Phi) is 9.08. The number of carbonyl (C=O) groups is 2.